The number of hydrogen-bond donors (Lipinski definition) is 1. The van der Waals surface area contributed by atoms with Gasteiger partial charge in [-0.15, -0.1) is 0 Å². The van der Waals surface area contributed by atoms with Gasteiger partial charge in [-0.05, 0) is 37.0 Å². The lowest BCUT2D eigenvalue weighted by atomic mass is 10.0. The monoisotopic (exact) mass is 332 g/mol. The summed E-state index contributed by atoms with van der Waals surface area (Å²) in [6.07, 6.45) is 3.40. The molecule has 0 radical (unpaired) electrons. The first-order valence-corrected chi connectivity index (χ1v) is 8.17. The summed E-state index contributed by atoms with van der Waals surface area (Å²) < 4.78 is 28.2. The molecule has 4 rings (SSSR count). The van der Waals surface area contributed by atoms with Crippen LogP contribution in [0.2, 0.25) is 0 Å². The molecule has 0 saturated carbocycles. The average Bonchev–Trinajstić information content (AvgIpc) is 2.92. The number of benzene rings is 1. The number of nitrogens with one attached hydrogen (secondary N) is 1. The minimum atomic E-state index is -0.620. The van der Waals surface area contributed by atoms with E-state index < -0.39 is 11.6 Å². The lowest BCUT2D eigenvalue weighted by Gasteiger charge is -2.30. The Bertz CT molecular complexity index is 816. The van der Waals surface area contributed by atoms with Crippen LogP contribution in [-0.2, 0) is 13.1 Å². The van der Waals surface area contributed by atoms with Gasteiger partial charge < -0.3 is 10.2 Å². The van der Waals surface area contributed by atoms with Crippen molar-refractivity contribution in [1.29, 1.82) is 0 Å². The van der Waals surface area contributed by atoms with Crippen LogP contribution < -0.4 is 15.9 Å². The van der Waals surface area contributed by atoms with Crippen LogP contribution >= 0.6 is 0 Å². The van der Waals surface area contributed by atoms with Crippen LogP contribution in [0.3, 0.4) is 0 Å². The molecule has 1 atom stereocenters. The molecule has 1 aromatic carbocycles. The lowest BCUT2D eigenvalue weighted by molar-refractivity contribution is 0.458. The van der Waals surface area contributed by atoms with E-state index in [1.54, 1.807) is 4.57 Å². The quantitative estimate of drug-likeness (QED) is 0.938. The zero-order valence-corrected chi connectivity index (χ0v) is 13.1. The number of aromatic nitrogens is 2. The highest BCUT2D eigenvalue weighted by atomic mass is 19.1. The molecular formula is C17H18F2N4O. The zero-order valence-electron chi connectivity index (χ0n) is 13.1. The van der Waals surface area contributed by atoms with Crippen molar-refractivity contribution >= 4 is 11.6 Å². The lowest BCUT2D eigenvalue weighted by Crippen LogP contribution is -2.36. The second-order valence-electron chi connectivity index (χ2n) is 6.37. The Morgan fingerprint density at radius 3 is 2.75 bits per heavy atom. The van der Waals surface area contributed by atoms with Crippen molar-refractivity contribution in [1.82, 2.24) is 9.55 Å². The Morgan fingerprint density at radius 1 is 1.17 bits per heavy atom. The summed E-state index contributed by atoms with van der Waals surface area (Å²) in [7, 11) is 0. The largest absolute Gasteiger partial charge is 0.366 e. The standard InChI is InChI=1S/C17H18F2N4O/c18-12-5-11(6-13(19)7-12)9-20-15-8-16-22-4-2-1-3-14(22)10-23(16)17(24)21-15/h5-8,14H,1-4,9-10H2,(H,20,21,24). The summed E-state index contributed by atoms with van der Waals surface area (Å²) in [6, 6.07) is 5.58. The molecule has 2 aliphatic heterocycles. The van der Waals surface area contributed by atoms with Crippen molar-refractivity contribution in [2.45, 2.75) is 38.4 Å². The minimum Gasteiger partial charge on any atom is -0.366 e. The SMILES string of the molecule is O=c1nc(NCc2cc(F)cc(F)c2)cc2n1CC1CCCCN21. The van der Waals surface area contributed by atoms with Crippen molar-refractivity contribution in [2.24, 2.45) is 0 Å². The minimum absolute atomic E-state index is 0.202. The zero-order chi connectivity index (χ0) is 16.7. The second-order valence-corrected chi connectivity index (χ2v) is 6.37. The fraction of sp³-hybridized carbons (Fsp3) is 0.412. The van der Waals surface area contributed by atoms with E-state index in [-0.39, 0.29) is 12.2 Å². The Morgan fingerprint density at radius 2 is 1.96 bits per heavy atom. The molecule has 0 aliphatic carbocycles. The normalized spacial score (nSPS) is 19.1. The molecule has 5 nitrogen and oxygen atoms in total. The van der Waals surface area contributed by atoms with Gasteiger partial charge in [0.05, 0.1) is 0 Å². The molecular weight excluding hydrogens is 314 g/mol. The van der Waals surface area contributed by atoms with Crippen molar-refractivity contribution in [3.63, 3.8) is 0 Å². The van der Waals surface area contributed by atoms with E-state index in [2.05, 4.69) is 15.2 Å². The summed E-state index contributed by atoms with van der Waals surface area (Å²) in [4.78, 5) is 18.6. The number of anilines is 2. The summed E-state index contributed by atoms with van der Waals surface area (Å²) in [5, 5.41) is 3.00. The Hall–Kier alpha value is -2.44. The fourth-order valence-electron chi connectivity index (χ4n) is 3.60. The van der Waals surface area contributed by atoms with E-state index in [1.807, 2.05) is 6.07 Å². The maximum atomic E-state index is 13.2. The molecule has 1 N–H and O–H groups in total. The van der Waals surface area contributed by atoms with E-state index >= 15 is 0 Å². The van der Waals surface area contributed by atoms with Crippen LogP contribution in [0.25, 0.3) is 0 Å². The van der Waals surface area contributed by atoms with Gasteiger partial charge in [-0.2, -0.15) is 4.98 Å². The van der Waals surface area contributed by atoms with Gasteiger partial charge in [0.2, 0.25) is 0 Å². The Kier molecular flexibility index (Phi) is 3.70. The van der Waals surface area contributed by atoms with Crippen LogP contribution in [0.4, 0.5) is 20.4 Å². The summed E-state index contributed by atoms with van der Waals surface area (Å²) in [5.41, 5.74) is 0.181. The number of nitrogens with zero attached hydrogens (tertiary/aromatic N) is 3. The summed E-state index contributed by atoms with van der Waals surface area (Å²) >= 11 is 0. The average molecular weight is 332 g/mol. The van der Waals surface area contributed by atoms with Gasteiger partial charge in [-0.25, -0.2) is 13.6 Å². The molecule has 24 heavy (non-hydrogen) atoms. The van der Waals surface area contributed by atoms with E-state index in [9.17, 15) is 13.6 Å². The Balaban J connectivity index is 1.57. The molecule has 0 amide bonds. The molecule has 2 aromatic rings. The molecule has 126 valence electrons. The Labute approximate surface area is 137 Å². The number of halogens is 2. The first-order chi connectivity index (χ1) is 11.6. The number of hydrogen-bond acceptors (Lipinski definition) is 4. The molecule has 1 unspecified atom stereocenters. The number of rotatable bonds is 3. The van der Waals surface area contributed by atoms with Gasteiger partial charge >= 0.3 is 5.69 Å². The fourth-order valence-corrected chi connectivity index (χ4v) is 3.60. The van der Waals surface area contributed by atoms with Crippen molar-refractivity contribution in [3.8, 4) is 0 Å². The molecule has 1 fully saturated rings. The molecule has 7 heteroatoms. The van der Waals surface area contributed by atoms with Crippen LogP contribution in [-0.4, -0.2) is 22.1 Å². The van der Waals surface area contributed by atoms with E-state index in [0.29, 0.717) is 24.0 Å². The third-order valence-corrected chi connectivity index (χ3v) is 4.70. The van der Waals surface area contributed by atoms with Gasteiger partial charge in [0.25, 0.3) is 0 Å². The maximum Gasteiger partial charge on any atom is 0.351 e. The summed E-state index contributed by atoms with van der Waals surface area (Å²) in [6.45, 7) is 1.84. The van der Waals surface area contributed by atoms with Gasteiger partial charge in [-0.1, -0.05) is 0 Å². The third-order valence-electron chi connectivity index (χ3n) is 4.70. The summed E-state index contributed by atoms with van der Waals surface area (Å²) in [5.74, 6) is 0.0737. The first kappa shape index (κ1) is 15.1. The van der Waals surface area contributed by atoms with Gasteiger partial charge in [0.15, 0.2) is 0 Å². The van der Waals surface area contributed by atoms with Gasteiger partial charge in [-0.3, -0.25) is 4.57 Å². The highest BCUT2D eigenvalue weighted by molar-refractivity contribution is 5.53. The van der Waals surface area contributed by atoms with Crippen molar-refractivity contribution in [2.75, 3.05) is 16.8 Å². The van der Waals surface area contributed by atoms with E-state index in [0.717, 1.165) is 31.3 Å². The molecule has 0 spiro atoms. The maximum absolute atomic E-state index is 13.2. The molecule has 1 aromatic heterocycles. The van der Waals surface area contributed by atoms with Crippen LogP contribution in [0.1, 0.15) is 24.8 Å². The predicted octanol–water partition coefficient (Wildman–Crippen LogP) is 2.51. The highest BCUT2D eigenvalue weighted by Gasteiger charge is 2.32. The van der Waals surface area contributed by atoms with Gasteiger partial charge in [0.1, 0.15) is 23.3 Å². The van der Waals surface area contributed by atoms with Crippen LogP contribution in [0.5, 0.6) is 0 Å². The number of fused-ring (bicyclic) bond motifs is 3. The van der Waals surface area contributed by atoms with Crippen molar-refractivity contribution < 1.29 is 8.78 Å². The second kappa shape index (κ2) is 5.89. The highest BCUT2D eigenvalue weighted by Crippen LogP contribution is 2.31. The molecule has 0 bridgehead atoms. The topological polar surface area (TPSA) is 50.2 Å². The molecule has 1 saturated heterocycles. The van der Waals surface area contributed by atoms with Gasteiger partial charge in [0, 0.05) is 37.8 Å². The molecule has 3 heterocycles. The van der Waals surface area contributed by atoms with E-state index in [1.165, 1.54) is 18.6 Å². The smallest absolute Gasteiger partial charge is 0.351 e. The third kappa shape index (κ3) is 2.74. The van der Waals surface area contributed by atoms with Crippen LogP contribution in [0, 0.1) is 11.6 Å². The van der Waals surface area contributed by atoms with E-state index in [4.69, 9.17) is 0 Å². The number of piperidine rings is 1. The van der Waals surface area contributed by atoms with Crippen LogP contribution in [0.15, 0.2) is 29.1 Å². The molecule has 2 aliphatic rings. The predicted molar refractivity (Wildman–Crippen MR) is 87.2 cm³/mol. The van der Waals surface area contributed by atoms with Crippen molar-refractivity contribution in [3.05, 3.63) is 51.9 Å². The first-order valence-electron chi connectivity index (χ1n) is 8.17.